The van der Waals surface area contributed by atoms with Crippen LogP contribution in [0, 0.1) is 41.5 Å². The Morgan fingerprint density at radius 1 is 0.706 bits per heavy atom. The third kappa shape index (κ3) is 4.92. The summed E-state index contributed by atoms with van der Waals surface area (Å²) in [5, 5.41) is 0. The van der Waals surface area contributed by atoms with Crippen molar-refractivity contribution in [3.63, 3.8) is 0 Å². The van der Waals surface area contributed by atoms with Gasteiger partial charge in [0.15, 0.2) is 0 Å². The van der Waals surface area contributed by atoms with E-state index in [2.05, 4.69) is 65.8 Å². The molecule has 0 spiro atoms. The molecule has 0 N–H and O–H groups in total. The fraction of sp³-hybridized carbons (Fsp3) is 0.375. The minimum Gasteiger partial charge on any atom is -0.208 e. The Balaban J connectivity index is 0.000000284. The number of rotatable bonds is 0. The van der Waals surface area contributed by atoms with Gasteiger partial charge in [0, 0.05) is 0 Å². The van der Waals surface area contributed by atoms with Crippen LogP contribution in [0.25, 0.3) is 0 Å². The maximum absolute atomic E-state index is 2.20. The normalized spacial score (nSPS) is 9.29. The van der Waals surface area contributed by atoms with E-state index in [4.69, 9.17) is 0 Å². The van der Waals surface area contributed by atoms with E-state index in [1.807, 2.05) is 0 Å². The van der Waals surface area contributed by atoms with Crippen LogP contribution >= 0.6 is 0 Å². The van der Waals surface area contributed by atoms with Crippen molar-refractivity contribution in [3.05, 3.63) is 57.6 Å². The van der Waals surface area contributed by atoms with Crippen LogP contribution < -0.4 is 0 Å². The van der Waals surface area contributed by atoms with Gasteiger partial charge in [-0.3, -0.25) is 0 Å². The van der Waals surface area contributed by atoms with Crippen molar-refractivity contribution in [1.82, 2.24) is 0 Å². The monoisotopic (exact) mass is 272 g/mol. The van der Waals surface area contributed by atoms with Gasteiger partial charge in [-0.05, 0) is 0 Å². The molecule has 0 aliphatic rings. The summed E-state index contributed by atoms with van der Waals surface area (Å²) >= 11 is 0. The van der Waals surface area contributed by atoms with Gasteiger partial charge in [0.05, 0.1) is 0 Å². The van der Waals surface area contributed by atoms with Crippen LogP contribution in [0.3, 0.4) is 0 Å². The topological polar surface area (TPSA) is 0 Å². The van der Waals surface area contributed by atoms with Gasteiger partial charge in [0.1, 0.15) is 0 Å². The Labute approximate surface area is 116 Å². The molecule has 0 amide bonds. The number of hydrogen-bond donors (Lipinski definition) is 0. The van der Waals surface area contributed by atoms with Gasteiger partial charge in [-0.1, -0.05) is 41.5 Å². The van der Waals surface area contributed by atoms with E-state index < -0.39 is 0 Å². The third-order valence-corrected chi connectivity index (χ3v) is 3.02. The minimum absolute atomic E-state index is 0. The molecule has 0 bridgehead atoms. The standard InChI is InChI=1S/2C8H11.Ni/c2*1-6-4-7(2)8(3)5-6;/h2*4-5H,1-3H3;/q2*-1;+2. The van der Waals surface area contributed by atoms with Gasteiger partial charge < -0.3 is 0 Å². The molecule has 17 heavy (non-hydrogen) atoms. The fourth-order valence-corrected chi connectivity index (χ4v) is 1.90. The van der Waals surface area contributed by atoms with Crippen molar-refractivity contribution in [2.45, 2.75) is 41.5 Å². The SMILES string of the molecule is Cc1cc(C)[c-](C)c1.Cc1cc(C)[c-](C)c1.[Ni+2]. The van der Waals surface area contributed by atoms with Gasteiger partial charge in [-0.15, -0.1) is 0 Å². The minimum atomic E-state index is 0. The third-order valence-electron chi connectivity index (χ3n) is 3.02. The zero-order valence-electron chi connectivity index (χ0n) is 11.6. The van der Waals surface area contributed by atoms with Crippen molar-refractivity contribution in [1.29, 1.82) is 0 Å². The van der Waals surface area contributed by atoms with E-state index in [0.29, 0.717) is 0 Å². The largest absolute Gasteiger partial charge is 2.00 e. The predicted octanol–water partition coefficient (Wildman–Crippen LogP) is 4.66. The molecule has 0 fully saturated rings. The molecule has 0 saturated heterocycles. The van der Waals surface area contributed by atoms with Crippen LogP contribution in [0.2, 0.25) is 0 Å². The Hall–Kier alpha value is -0.806. The molecule has 96 valence electrons. The second-order valence-electron chi connectivity index (χ2n) is 4.80. The van der Waals surface area contributed by atoms with Crippen LogP contribution in [0.1, 0.15) is 33.4 Å². The molecule has 0 aromatic heterocycles. The smallest absolute Gasteiger partial charge is 0.208 e. The second-order valence-corrected chi connectivity index (χ2v) is 4.80. The van der Waals surface area contributed by atoms with Crippen molar-refractivity contribution in [2.75, 3.05) is 0 Å². The molecule has 0 heterocycles. The molecule has 2 aromatic rings. The quantitative estimate of drug-likeness (QED) is 0.483. The van der Waals surface area contributed by atoms with Gasteiger partial charge in [-0.2, -0.15) is 34.4 Å². The number of hydrogen-bond acceptors (Lipinski definition) is 0. The van der Waals surface area contributed by atoms with E-state index in [1.165, 1.54) is 33.4 Å². The first-order valence-corrected chi connectivity index (χ1v) is 5.81. The molecular formula is C16H22Ni. The van der Waals surface area contributed by atoms with Crippen molar-refractivity contribution >= 4 is 0 Å². The van der Waals surface area contributed by atoms with Gasteiger partial charge in [0.2, 0.25) is 0 Å². The van der Waals surface area contributed by atoms with E-state index in [9.17, 15) is 0 Å². The Kier molecular flexibility index (Phi) is 6.49. The fourth-order valence-electron chi connectivity index (χ4n) is 1.90. The summed E-state index contributed by atoms with van der Waals surface area (Å²) in [6.07, 6.45) is 0. The van der Waals surface area contributed by atoms with Crippen LogP contribution in [0.5, 0.6) is 0 Å². The molecular weight excluding hydrogens is 251 g/mol. The summed E-state index contributed by atoms with van der Waals surface area (Å²) < 4.78 is 0. The number of aryl methyl sites for hydroxylation is 6. The van der Waals surface area contributed by atoms with Crippen LogP contribution in [0.4, 0.5) is 0 Å². The van der Waals surface area contributed by atoms with Gasteiger partial charge >= 0.3 is 16.5 Å². The molecule has 0 saturated carbocycles. The molecule has 0 nitrogen and oxygen atoms in total. The summed E-state index contributed by atoms with van der Waals surface area (Å²) in [5.41, 5.74) is 8.37. The van der Waals surface area contributed by atoms with Crippen LogP contribution in [-0.4, -0.2) is 0 Å². The average molecular weight is 273 g/mol. The maximum atomic E-state index is 2.20. The molecule has 0 unspecified atom stereocenters. The zero-order valence-corrected chi connectivity index (χ0v) is 12.6. The van der Waals surface area contributed by atoms with Crippen LogP contribution in [-0.2, 0) is 16.5 Å². The van der Waals surface area contributed by atoms with Crippen molar-refractivity contribution in [2.24, 2.45) is 0 Å². The van der Waals surface area contributed by atoms with Crippen LogP contribution in [0.15, 0.2) is 24.3 Å². The first-order chi connectivity index (χ1) is 7.40. The summed E-state index contributed by atoms with van der Waals surface area (Å²) in [6.45, 7) is 12.8. The molecule has 0 aliphatic heterocycles. The Bertz CT molecular complexity index is 375. The Morgan fingerprint density at radius 2 is 1.00 bits per heavy atom. The van der Waals surface area contributed by atoms with Crippen molar-refractivity contribution in [3.8, 4) is 0 Å². The summed E-state index contributed by atoms with van der Waals surface area (Å²) in [7, 11) is 0. The first-order valence-electron chi connectivity index (χ1n) is 5.81. The zero-order chi connectivity index (χ0) is 12.3. The molecule has 0 aliphatic carbocycles. The summed E-state index contributed by atoms with van der Waals surface area (Å²) in [4.78, 5) is 0. The molecule has 2 aromatic carbocycles. The van der Waals surface area contributed by atoms with Crippen molar-refractivity contribution < 1.29 is 16.5 Å². The molecule has 1 heteroatoms. The maximum Gasteiger partial charge on any atom is 2.00 e. The van der Waals surface area contributed by atoms with E-state index in [1.54, 1.807) is 0 Å². The summed E-state index contributed by atoms with van der Waals surface area (Å²) in [6, 6.07) is 8.81. The molecule has 2 rings (SSSR count). The molecule has 0 atom stereocenters. The molecule has 0 radical (unpaired) electrons. The first kappa shape index (κ1) is 16.2. The van der Waals surface area contributed by atoms with E-state index >= 15 is 0 Å². The Morgan fingerprint density at radius 3 is 1.06 bits per heavy atom. The average Bonchev–Trinajstić information content (AvgIpc) is 2.58. The van der Waals surface area contributed by atoms with Gasteiger partial charge in [-0.25, -0.2) is 23.3 Å². The van der Waals surface area contributed by atoms with E-state index in [0.717, 1.165) is 0 Å². The summed E-state index contributed by atoms with van der Waals surface area (Å²) in [5.74, 6) is 0. The predicted molar refractivity (Wildman–Crippen MR) is 72.5 cm³/mol. The second kappa shape index (κ2) is 6.81. The van der Waals surface area contributed by atoms with E-state index in [-0.39, 0.29) is 16.5 Å². The van der Waals surface area contributed by atoms with Gasteiger partial charge in [0.25, 0.3) is 0 Å².